The Morgan fingerprint density at radius 3 is 2.71 bits per heavy atom. The third kappa shape index (κ3) is 2.61. The molecule has 0 saturated heterocycles. The van der Waals surface area contributed by atoms with E-state index in [0.29, 0.717) is 13.0 Å². The van der Waals surface area contributed by atoms with Gasteiger partial charge in [0.25, 0.3) is 0 Å². The highest BCUT2D eigenvalue weighted by Gasteiger charge is 2.33. The summed E-state index contributed by atoms with van der Waals surface area (Å²) in [6.07, 6.45) is 2.29. The van der Waals surface area contributed by atoms with Crippen LogP contribution in [0.3, 0.4) is 0 Å². The van der Waals surface area contributed by atoms with Crippen LogP contribution in [0.4, 0.5) is 4.79 Å². The Morgan fingerprint density at radius 1 is 1.43 bits per heavy atom. The molecular formula is C9H16N2O3. The van der Waals surface area contributed by atoms with Crippen LogP contribution >= 0.6 is 0 Å². The molecule has 1 saturated carbocycles. The molecule has 0 spiro atoms. The number of rotatable bonds is 3. The monoisotopic (exact) mass is 200 g/mol. The Morgan fingerprint density at radius 2 is 2.14 bits per heavy atom. The number of aliphatic carboxylic acids is 1. The molecule has 0 radical (unpaired) electrons. The molecule has 80 valence electrons. The second-order valence-electron chi connectivity index (χ2n) is 3.49. The van der Waals surface area contributed by atoms with Crippen molar-refractivity contribution in [2.45, 2.75) is 32.2 Å². The van der Waals surface area contributed by atoms with Gasteiger partial charge in [0.1, 0.15) is 0 Å². The maximum atomic E-state index is 11.2. The lowest BCUT2D eigenvalue weighted by Crippen LogP contribution is -2.45. The predicted molar refractivity (Wildman–Crippen MR) is 51.0 cm³/mol. The third-order valence-corrected chi connectivity index (χ3v) is 2.49. The van der Waals surface area contributed by atoms with Gasteiger partial charge in [-0.15, -0.1) is 0 Å². The van der Waals surface area contributed by atoms with Crippen LogP contribution in [0.25, 0.3) is 0 Å². The fourth-order valence-corrected chi connectivity index (χ4v) is 1.81. The Hall–Kier alpha value is -1.26. The maximum absolute atomic E-state index is 11.2. The highest BCUT2D eigenvalue weighted by Crippen LogP contribution is 2.25. The number of urea groups is 1. The highest BCUT2D eigenvalue weighted by molar-refractivity contribution is 5.76. The van der Waals surface area contributed by atoms with Gasteiger partial charge in [-0.25, -0.2) is 4.79 Å². The first kappa shape index (κ1) is 10.8. The number of carboxylic acid groups (broad SMARTS) is 1. The minimum atomic E-state index is -0.815. The minimum Gasteiger partial charge on any atom is -0.481 e. The van der Waals surface area contributed by atoms with Crippen molar-refractivity contribution in [3.63, 3.8) is 0 Å². The van der Waals surface area contributed by atoms with E-state index in [9.17, 15) is 9.59 Å². The molecule has 0 aromatic rings. The van der Waals surface area contributed by atoms with Crippen LogP contribution in [-0.4, -0.2) is 29.7 Å². The molecular weight excluding hydrogens is 184 g/mol. The lowest BCUT2D eigenvalue weighted by atomic mass is 10.0. The summed E-state index contributed by atoms with van der Waals surface area (Å²) in [5.41, 5.74) is 0. The van der Waals surface area contributed by atoms with Crippen LogP contribution < -0.4 is 10.6 Å². The zero-order valence-corrected chi connectivity index (χ0v) is 8.25. The maximum Gasteiger partial charge on any atom is 0.315 e. The van der Waals surface area contributed by atoms with Crippen molar-refractivity contribution in [3.05, 3.63) is 0 Å². The second kappa shape index (κ2) is 4.83. The summed E-state index contributed by atoms with van der Waals surface area (Å²) in [7, 11) is 0. The fraction of sp³-hybridized carbons (Fsp3) is 0.778. The average Bonchev–Trinajstić information content (AvgIpc) is 2.52. The molecule has 0 aromatic heterocycles. The number of carbonyl (C=O) groups excluding carboxylic acids is 1. The van der Waals surface area contributed by atoms with Gasteiger partial charge in [-0.1, -0.05) is 6.42 Å². The number of nitrogens with one attached hydrogen (secondary N) is 2. The van der Waals surface area contributed by atoms with E-state index in [1.807, 2.05) is 6.92 Å². The van der Waals surface area contributed by atoms with Crippen molar-refractivity contribution < 1.29 is 14.7 Å². The molecule has 2 atom stereocenters. The standard InChI is InChI=1S/C9H16N2O3/c1-2-10-9(14)11-7-5-3-4-6(7)8(12)13/h6-7H,2-5H2,1H3,(H,12,13)(H2,10,11,14)/t6-,7+/m0/s1. The smallest absolute Gasteiger partial charge is 0.315 e. The van der Waals surface area contributed by atoms with Gasteiger partial charge in [-0.2, -0.15) is 0 Å². The molecule has 0 bridgehead atoms. The van der Waals surface area contributed by atoms with E-state index in [4.69, 9.17) is 5.11 Å². The first-order valence-electron chi connectivity index (χ1n) is 4.92. The molecule has 1 fully saturated rings. The first-order chi connectivity index (χ1) is 6.65. The lowest BCUT2D eigenvalue weighted by molar-refractivity contribution is -0.142. The molecule has 0 aliphatic heterocycles. The fourth-order valence-electron chi connectivity index (χ4n) is 1.81. The first-order valence-corrected chi connectivity index (χ1v) is 4.92. The molecule has 1 rings (SSSR count). The summed E-state index contributed by atoms with van der Waals surface area (Å²) in [5, 5.41) is 14.1. The van der Waals surface area contributed by atoms with Crippen LogP contribution in [-0.2, 0) is 4.79 Å². The zero-order valence-electron chi connectivity index (χ0n) is 8.25. The summed E-state index contributed by atoms with van der Waals surface area (Å²) in [6.45, 7) is 2.37. The van der Waals surface area contributed by atoms with Crippen molar-refractivity contribution >= 4 is 12.0 Å². The largest absolute Gasteiger partial charge is 0.481 e. The van der Waals surface area contributed by atoms with Crippen molar-refractivity contribution in [3.8, 4) is 0 Å². The average molecular weight is 200 g/mol. The zero-order chi connectivity index (χ0) is 10.6. The van der Waals surface area contributed by atoms with Crippen molar-refractivity contribution in [1.82, 2.24) is 10.6 Å². The molecule has 3 N–H and O–H groups in total. The Kier molecular flexibility index (Phi) is 3.73. The van der Waals surface area contributed by atoms with Crippen LogP contribution in [0.5, 0.6) is 0 Å². The van der Waals surface area contributed by atoms with Gasteiger partial charge < -0.3 is 15.7 Å². The summed E-state index contributed by atoms with van der Waals surface area (Å²) in [6, 6.07) is -0.482. The Labute approximate surface area is 82.9 Å². The molecule has 5 heteroatoms. The number of carboxylic acids is 1. The number of amides is 2. The topological polar surface area (TPSA) is 78.4 Å². The van der Waals surface area contributed by atoms with E-state index in [2.05, 4.69) is 10.6 Å². The van der Waals surface area contributed by atoms with Gasteiger partial charge in [-0.3, -0.25) is 4.79 Å². The van der Waals surface area contributed by atoms with Gasteiger partial charge >= 0.3 is 12.0 Å². The predicted octanol–water partition coefficient (Wildman–Crippen LogP) is 0.559. The summed E-state index contributed by atoms with van der Waals surface area (Å²) < 4.78 is 0. The van der Waals surface area contributed by atoms with E-state index >= 15 is 0 Å². The highest BCUT2D eigenvalue weighted by atomic mass is 16.4. The van der Waals surface area contributed by atoms with Crippen LogP contribution in [0.15, 0.2) is 0 Å². The minimum absolute atomic E-state index is 0.209. The van der Waals surface area contributed by atoms with Crippen molar-refractivity contribution in [2.24, 2.45) is 5.92 Å². The summed E-state index contributed by atoms with van der Waals surface area (Å²) in [4.78, 5) is 21.9. The number of hydrogen-bond donors (Lipinski definition) is 3. The summed E-state index contributed by atoms with van der Waals surface area (Å²) >= 11 is 0. The normalized spacial score (nSPS) is 25.8. The number of hydrogen-bond acceptors (Lipinski definition) is 2. The van der Waals surface area contributed by atoms with Crippen LogP contribution in [0, 0.1) is 5.92 Å². The molecule has 5 nitrogen and oxygen atoms in total. The van der Waals surface area contributed by atoms with Gasteiger partial charge in [0.05, 0.1) is 5.92 Å². The molecule has 0 aromatic carbocycles. The molecule has 0 unspecified atom stereocenters. The van der Waals surface area contributed by atoms with Crippen molar-refractivity contribution in [1.29, 1.82) is 0 Å². The quantitative estimate of drug-likeness (QED) is 0.622. The van der Waals surface area contributed by atoms with Crippen LogP contribution in [0.1, 0.15) is 26.2 Å². The van der Waals surface area contributed by atoms with Gasteiger partial charge in [0.15, 0.2) is 0 Å². The van der Waals surface area contributed by atoms with E-state index in [0.717, 1.165) is 12.8 Å². The van der Waals surface area contributed by atoms with E-state index < -0.39 is 11.9 Å². The SMILES string of the molecule is CCNC(=O)N[C@@H]1CCC[C@@H]1C(=O)O. The van der Waals surface area contributed by atoms with Crippen LogP contribution in [0.2, 0.25) is 0 Å². The molecule has 1 aliphatic rings. The molecule has 1 aliphatic carbocycles. The second-order valence-corrected chi connectivity index (χ2v) is 3.49. The van der Waals surface area contributed by atoms with Gasteiger partial charge in [0, 0.05) is 12.6 Å². The Bertz CT molecular complexity index is 230. The summed E-state index contributed by atoms with van der Waals surface area (Å²) in [5.74, 6) is -1.23. The van der Waals surface area contributed by atoms with E-state index in [-0.39, 0.29) is 12.1 Å². The van der Waals surface area contributed by atoms with E-state index in [1.54, 1.807) is 0 Å². The molecule has 14 heavy (non-hydrogen) atoms. The molecule has 2 amide bonds. The Balaban J connectivity index is 2.43. The van der Waals surface area contributed by atoms with Gasteiger partial charge in [-0.05, 0) is 19.8 Å². The lowest BCUT2D eigenvalue weighted by Gasteiger charge is -2.17. The van der Waals surface area contributed by atoms with Gasteiger partial charge in [0.2, 0.25) is 0 Å². The number of carbonyl (C=O) groups is 2. The molecule has 0 heterocycles. The van der Waals surface area contributed by atoms with Crippen molar-refractivity contribution in [2.75, 3.05) is 6.54 Å². The third-order valence-electron chi connectivity index (χ3n) is 2.49. The van der Waals surface area contributed by atoms with E-state index in [1.165, 1.54) is 0 Å².